The van der Waals surface area contributed by atoms with E-state index in [1.165, 1.54) is 0 Å². The minimum absolute atomic E-state index is 0.0735. The fraction of sp³-hybridized carbons (Fsp3) is 0.700. The quantitative estimate of drug-likeness (QED) is 0.618. The number of hydrogen-bond acceptors (Lipinski definition) is 4. The Balaban J connectivity index is 2.08. The van der Waals surface area contributed by atoms with Gasteiger partial charge in [-0.15, -0.1) is 0 Å². The lowest BCUT2D eigenvalue weighted by Crippen LogP contribution is -2.25. The molecule has 90 valence electrons. The van der Waals surface area contributed by atoms with Crippen molar-refractivity contribution in [2.24, 2.45) is 12.8 Å². The van der Waals surface area contributed by atoms with Crippen molar-refractivity contribution in [3.8, 4) is 0 Å². The predicted octanol–water partition coefficient (Wildman–Crippen LogP) is -0.397. The van der Waals surface area contributed by atoms with E-state index in [0.29, 0.717) is 25.9 Å². The summed E-state index contributed by atoms with van der Waals surface area (Å²) < 4.78 is 1.65. The van der Waals surface area contributed by atoms with Crippen molar-refractivity contribution < 1.29 is 4.79 Å². The molecule has 1 amide bonds. The minimum Gasteiger partial charge on any atom is -0.356 e. The number of carbonyl (C=O) groups excluding carboxylic acids is 1. The summed E-state index contributed by atoms with van der Waals surface area (Å²) in [5, 5.41) is 6.95. The van der Waals surface area contributed by atoms with Crippen LogP contribution in [0.5, 0.6) is 0 Å². The van der Waals surface area contributed by atoms with Crippen LogP contribution in [0.1, 0.15) is 25.1 Å². The van der Waals surface area contributed by atoms with E-state index in [-0.39, 0.29) is 5.91 Å². The monoisotopic (exact) mass is 225 g/mol. The van der Waals surface area contributed by atoms with Gasteiger partial charge in [-0.05, 0) is 19.4 Å². The maximum Gasteiger partial charge on any atom is 0.220 e. The summed E-state index contributed by atoms with van der Waals surface area (Å²) in [6.45, 7) is 1.23. The van der Waals surface area contributed by atoms with Crippen LogP contribution in [0, 0.1) is 0 Å². The molecule has 0 saturated heterocycles. The highest BCUT2D eigenvalue weighted by molar-refractivity contribution is 5.75. The van der Waals surface area contributed by atoms with E-state index in [2.05, 4.69) is 15.4 Å². The number of amides is 1. The van der Waals surface area contributed by atoms with Gasteiger partial charge in [0.25, 0.3) is 0 Å². The second kappa shape index (κ2) is 6.95. The standard InChI is InChI=1S/C10H19N5O/c1-15-8-13-9(14-15)5-7-12-10(16)4-2-3-6-11/h8H,2-7,11H2,1H3,(H,12,16). The molecular formula is C10H19N5O. The number of nitrogens with zero attached hydrogens (tertiary/aromatic N) is 3. The Morgan fingerprint density at radius 2 is 2.38 bits per heavy atom. The molecule has 0 aliphatic heterocycles. The molecule has 0 unspecified atom stereocenters. The maximum absolute atomic E-state index is 11.3. The lowest BCUT2D eigenvalue weighted by Gasteiger charge is -2.02. The van der Waals surface area contributed by atoms with E-state index in [9.17, 15) is 4.79 Å². The maximum atomic E-state index is 11.3. The zero-order chi connectivity index (χ0) is 11.8. The molecule has 16 heavy (non-hydrogen) atoms. The Bertz CT molecular complexity index is 323. The average Bonchev–Trinajstić information content (AvgIpc) is 2.65. The third kappa shape index (κ3) is 4.88. The van der Waals surface area contributed by atoms with Gasteiger partial charge in [0.05, 0.1) is 0 Å². The zero-order valence-electron chi connectivity index (χ0n) is 9.65. The van der Waals surface area contributed by atoms with Gasteiger partial charge in [-0.25, -0.2) is 4.98 Å². The van der Waals surface area contributed by atoms with Crippen molar-refractivity contribution in [2.45, 2.75) is 25.7 Å². The predicted molar refractivity (Wildman–Crippen MR) is 60.6 cm³/mol. The molecule has 1 aromatic heterocycles. The number of nitrogens with one attached hydrogen (secondary N) is 1. The molecule has 0 saturated carbocycles. The summed E-state index contributed by atoms with van der Waals surface area (Å²) >= 11 is 0. The van der Waals surface area contributed by atoms with Gasteiger partial charge in [-0.3, -0.25) is 9.48 Å². The fourth-order valence-corrected chi connectivity index (χ4v) is 1.33. The van der Waals surface area contributed by atoms with Gasteiger partial charge >= 0.3 is 0 Å². The minimum atomic E-state index is 0.0735. The molecule has 6 nitrogen and oxygen atoms in total. The lowest BCUT2D eigenvalue weighted by atomic mass is 10.2. The first-order chi connectivity index (χ1) is 7.72. The van der Waals surface area contributed by atoms with E-state index in [1.807, 2.05) is 7.05 Å². The summed E-state index contributed by atoms with van der Waals surface area (Å²) in [5.41, 5.74) is 5.34. The number of aromatic nitrogens is 3. The highest BCUT2D eigenvalue weighted by Crippen LogP contribution is 1.93. The van der Waals surface area contributed by atoms with Crippen LogP contribution in [-0.4, -0.2) is 33.8 Å². The molecule has 0 fully saturated rings. The van der Waals surface area contributed by atoms with Crippen LogP contribution in [0.15, 0.2) is 6.33 Å². The van der Waals surface area contributed by atoms with Crippen molar-refractivity contribution in [3.05, 3.63) is 12.2 Å². The first-order valence-electron chi connectivity index (χ1n) is 5.53. The molecule has 1 aromatic rings. The topological polar surface area (TPSA) is 85.8 Å². The number of rotatable bonds is 7. The highest BCUT2D eigenvalue weighted by Gasteiger charge is 2.02. The molecule has 1 rings (SSSR count). The van der Waals surface area contributed by atoms with E-state index in [0.717, 1.165) is 18.7 Å². The van der Waals surface area contributed by atoms with Gasteiger partial charge in [-0.1, -0.05) is 0 Å². The molecule has 0 atom stereocenters. The van der Waals surface area contributed by atoms with Gasteiger partial charge in [0, 0.05) is 26.4 Å². The number of aryl methyl sites for hydroxylation is 1. The van der Waals surface area contributed by atoms with Crippen LogP contribution in [0.4, 0.5) is 0 Å². The largest absolute Gasteiger partial charge is 0.356 e. The number of unbranched alkanes of at least 4 members (excludes halogenated alkanes) is 1. The number of carbonyl (C=O) groups is 1. The number of hydrogen-bond donors (Lipinski definition) is 2. The third-order valence-electron chi connectivity index (χ3n) is 2.18. The van der Waals surface area contributed by atoms with Crippen LogP contribution >= 0.6 is 0 Å². The van der Waals surface area contributed by atoms with E-state index in [1.54, 1.807) is 11.0 Å². The Labute approximate surface area is 95.2 Å². The van der Waals surface area contributed by atoms with Crippen molar-refractivity contribution in [1.29, 1.82) is 0 Å². The van der Waals surface area contributed by atoms with E-state index >= 15 is 0 Å². The van der Waals surface area contributed by atoms with Gasteiger partial charge in [0.2, 0.25) is 5.91 Å². The average molecular weight is 225 g/mol. The van der Waals surface area contributed by atoms with Gasteiger partial charge in [0.1, 0.15) is 6.33 Å². The Hall–Kier alpha value is -1.43. The third-order valence-corrected chi connectivity index (χ3v) is 2.18. The summed E-state index contributed by atoms with van der Waals surface area (Å²) in [6.07, 6.45) is 4.62. The van der Waals surface area contributed by atoms with Gasteiger partial charge in [0.15, 0.2) is 5.82 Å². The molecule has 0 aliphatic carbocycles. The highest BCUT2D eigenvalue weighted by atomic mass is 16.1. The summed E-state index contributed by atoms with van der Waals surface area (Å²) in [7, 11) is 1.82. The van der Waals surface area contributed by atoms with Crippen molar-refractivity contribution in [3.63, 3.8) is 0 Å². The Morgan fingerprint density at radius 1 is 1.56 bits per heavy atom. The molecular weight excluding hydrogens is 206 g/mol. The molecule has 0 aromatic carbocycles. The van der Waals surface area contributed by atoms with Gasteiger partial charge < -0.3 is 11.1 Å². The summed E-state index contributed by atoms with van der Waals surface area (Å²) in [6, 6.07) is 0. The van der Waals surface area contributed by atoms with Crippen molar-refractivity contribution in [1.82, 2.24) is 20.1 Å². The Kier molecular flexibility index (Phi) is 5.49. The van der Waals surface area contributed by atoms with Crippen LogP contribution in [-0.2, 0) is 18.3 Å². The normalized spacial score (nSPS) is 10.4. The summed E-state index contributed by atoms with van der Waals surface area (Å²) in [4.78, 5) is 15.4. The first kappa shape index (κ1) is 12.6. The SMILES string of the molecule is Cn1cnc(CCNC(=O)CCCCN)n1. The zero-order valence-corrected chi connectivity index (χ0v) is 9.65. The second-order valence-electron chi connectivity index (χ2n) is 3.68. The van der Waals surface area contributed by atoms with Crippen LogP contribution in [0.2, 0.25) is 0 Å². The lowest BCUT2D eigenvalue weighted by molar-refractivity contribution is -0.121. The molecule has 6 heteroatoms. The first-order valence-corrected chi connectivity index (χ1v) is 5.53. The van der Waals surface area contributed by atoms with Gasteiger partial charge in [-0.2, -0.15) is 5.10 Å². The second-order valence-corrected chi connectivity index (χ2v) is 3.68. The molecule has 1 heterocycles. The van der Waals surface area contributed by atoms with Crippen LogP contribution in [0.3, 0.4) is 0 Å². The van der Waals surface area contributed by atoms with Crippen molar-refractivity contribution >= 4 is 5.91 Å². The summed E-state index contributed by atoms with van der Waals surface area (Å²) in [5.74, 6) is 0.828. The van der Waals surface area contributed by atoms with Crippen molar-refractivity contribution in [2.75, 3.05) is 13.1 Å². The number of nitrogens with two attached hydrogens (primary N) is 1. The smallest absolute Gasteiger partial charge is 0.220 e. The molecule has 0 radical (unpaired) electrons. The van der Waals surface area contributed by atoms with Crippen LogP contribution < -0.4 is 11.1 Å². The van der Waals surface area contributed by atoms with E-state index < -0.39 is 0 Å². The Morgan fingerprint density at radius 3 is 3.00 bits per heavy atom. The fourth-order valence-electron chi connectivity index (χ4n) is 1.33. The van der Waals surface area contributed by atoms with Crippen LogP contribution in [0.25, 0.3) is 0 Å². The van der Waals surface area contributed by atoms with E-state index in [4.69, 9.17) is 5.73 Å². The molecule has 0 aliphatic rings. The molecule has 0 bridgehead atoms. The molecule has 3 N–H and O–H groups in total. The molecule has 0 spiro atoms.